The zero-order chi connectivity index (χ0) is 14.0. The van der Waals surface area contributed by atoms with Gasteiger partial charge in [0.2, 0.25) is 0 Å². The number of hydrogen-bond donors (Lipinski definition) is 0. The summed E-state index contributed by atoms with van der Waals surface area (Å²) in [5, 5.41) is 0. The predicted octanol–water partition coefficient (Wildman–Crippen LogP) is 0.357. The van der Waals surface area contributed by atoms with Crippen molar-refractivity contribution in [3.63, 3.8) is 0 Å². The monoisotopic (exact) mass is 302 g/mol. The molecule has 2 rings (SSSR count). The van der Waals surface area contributed by atoms with Gasteiger partial charge < -0.3 is 14.2 Å². The molecule has 1 aromatic rings. The Labute approximate surface area is 125 Å². The van der Waals surface area contributed by atoms with Gasteiger partial charge in [0.05, 0.1) is 6.10 Å². The predicted molar refractivity (Wildman–Crippen MR) is 81.8 cm³/mol. The largest absolute Gasteiger partial charge is 0.380 e. The minimum Gasteiger partial charge on any atom is -0.380 e. The van der Waals surface area contributed by atoms with Gasteiger partial charge in [-0.05, 0) is 13.5 Å². The fraction of sp³-hybridized carbons (Fsp3) is 0.692. The second-order valence-electron chi connectivity index (χ2n) is 5.23. The summed E-state index contributed by atoms with van der Waals surface area (Å²) in [6, 6.07) is 0.390. The molecule has 0 unspecified atom stereocenters. The van der Waals surface area contributed by atoms with Crippen molar-refractivity contribution < 1.29 is 4.74 Å². The lowest BCUT2D eigenvalue weighted by Gasteiger charge is -2.25. The fourth-order valence-electron chi connectivity index (χ4n) is 2.56. The van der Waals surface area contributed by atoms with Gasteiger partial charge in [-0.15, -0.1) is 12.4 Å². The van der Waals surface area contributed by atoms with Crippen LogP contribution in [-0.2, 0) is 11.8 Å². The van der Waals surface area contributed by atoms with E-state index < -0.39 is 0 Å². The topological polar surface area (TPSA) is 50.6 Å². The van der Waals surface area contributed by atoms with Gasteiger partial charge in [0.1, 0.15) is 0 Å². The molecule has 0 radical (unpaired) electrons. The van der Waals surface area contributed by atoms with E-state index in [-0.39, 0.29) is 24.1 Å². The first kappa shape index (κ1) is 16.9. The van der Waals surface area contributed by atoms with Crippen molar-refractivity contribution in [2.24, 2.45) is 7.05 Å². The minimum atomic E-state index is -0.0612. The highest BCUT2D eigenvalue weighted by atomic mass is 35.5. The highest BCUT2D eigenvalue weighted by Crippen LogP contribution is 2.19. The number of methoxy groups -OCH3 is 1. The molecule has 7 heteroatoms. The third-order valence-corrected chi connectivity index (χ3v) is 3.83. The Kier molecular flexibility index (Phi) is 5.98. The Bertz CT molecular complexity index is 494. The number of ether oxygens (including phenoxy) is 1. The number of likely N-dealkylation sites (tertiary alicyclic amines) is 1. The Morgan fingerprint density at radius 1 is 1.50 bits per heavy atom. The summed E-state index contributed by atoms with van der Waals surface area (Å²) in [5.41, 5.74) is -0.0612. The lowest BCUT2D eigenvalue weighted by atomic mass is 10.2. The van der Waals surface area contributed by atoms with Gasteiger partial charge in [0, 0.05) is 52.7 Å². The van der Waals surface area contributed by atoms with E-state index in [1.54, 1.807) is 31.1 Å². The van der Waals surface area contributed by atoms with Crippen molar-refractivity contribution in [3.8, 4) is 0 Å². The van der Waals surface area contributed by atoms with Crippen LogP contribution in [0.2, 0.25) is 0 Å². The number of hydrogen-bond acceptors (Lipinski definition) is 5. The molecule has 2 heterocycles. The van der Waals surface area contributed by atoms with Crippen LogP contribution >= 0.6 is 12.4 Å². The molecule has 0 bridgehead atoms. The zero-order valence-electron chi connectivity index (χ0n) is 12.4. The van der Waals surface area contributed by atoms with Gasteiger partial charge in [0.25, 0.3) is 5.56 Å². The van der Waals surface area contributed by atoms with Crippen LogP contribution in [0.25, 0.3) is 0 Å². The summed E-state index contributed by atoms with van der Waals surface area (Å²) < 4.78 is 6.95. The molecule has 1 saturated heterocycles. The quantitative estimate of drug-likeness (QED) is 0.804. The molecule has 20 heavy (non-hydrogen) atoms. The standard InChI is InChI=1S/C13H22N4O2.ClH/c1-15-6-5-14-12(13(15)18)17(3)8-10-7-11(19-4)9-16(10)2;/h5-6,10-11H,7-9H2,1-4H3;1H/t10-,11-;/m0./s1. The number of aromatic nitrogens is 2. The van der Waals surface area contributed by atoms with Crippen LogP contribution in [0, 0.1) is 0 Å². The number of halogens is 1. The smallest absolute Gasteiger partial charge is 0.293 e. The fourth-order valence-corrected chi connectivity index (χ4v) is 2.56. The number of aryl methyl sites for hydroxylation is 1. The van der Waals surface area contributed by atoms with Crippen LogP contribution in [0.15, 0.2) is 17.2 Å². The van der Waals surface area contributed by atoms with E-state index in [0.29, 0.717) is 11.9 Å². The first-order valence-corrected chi connectivity index (χ1v) is 6.48. The van der Waals surface area contributed by atoms with Crippen molar-refractivity contribution >= 4 is 18.2 Å². The molecule has 0 aliphatic carbocycles. The zero-order valence-corrected chi connectivity index (χ0v) is 13.3. The molecule has 0 N–H and O–H groups in total. The highest BCUT2D eigenvalue weighted by Gasteiger charge is 2.30. The van der Waals surface area contributed by atoms with Crippen LogP contribution in [-0.4, -0.2) is 60.9 Å². The maximum Gasteiger partial charge on any atom is 0.293 e. The number of nitrogens with zero attached hydrogens (tertiary/aromatic N) is 4. The third-order valence-electron chi connectivity index (χ3n) is 3.83. The SMILES string of the molecule is CO[C@H]1C[C@@H](CN(C)c2nccn(C)c2=O)N(C)C1.Cl. The van der Waals surface area contributed by atoms with E-state index in [0.717, 1.165) is 19.5 Å². The third kappa shape index (κ3) is 3.50. The first-order chi connectivity index (χ1) is 9.02. The summed E-state index contributed by atoms with van der Waals surface area (Å²) in [5.74, 6) is 0.499. The first-order valence-electron chi connectivity index (χ1n) is 6.48. The van der Waals surface area contributed by atoms with E-state index in [4.69, 9.17) is 4.74 Å². The summed E-state index contributed by atoms with van der Waals surface area (Å²) in [7, 11) is 7.49. The Morgan fingerprint density at radius 3 is 2.80 bits per heavy atom. The molecular formula is C13H23ClN4O2. The lowest BCUT2D eigenvalue weighted by molar-refractivity contribution is 0.111. The summed E-state index contributed by atoms with van der Waals surface area (Å²) in [6.45, 7) is 1.72. The lowest BCUT2D eigenvalue weighted by Crippen LogP contribution is -2.39. The Balaban J connectivity index is 0.00000200. The molecule has 1 aliphatic heterocycles. The molecule has 0 amide bonds. The molecular weight excluding hydrogens is 280 g/mol. The second-order valence-corrected chi connectivity index (χ2v) is 5.23. The highest BCUT2D eigenvalue weighted by molar-refractivity contribution is 5.85. The van der Waals surface area contributed by atoms with E-state index >= 15 is 0 Å². The number of likely N-dealkylation sites (N-methyl/N-ethyl adjacent to an activating group) is 2. The molecule has 1 fully saturated rings. The number of anilines is 1. The van der Waals surface area contributed by atoms with Gasteiger partial charge in [-0.3, -0.25) is 9.69 Å². The average Bonchev–Trinajstić information content (AvgIpc) is 2.73. The van der Waals surface area contributed by atoms with E-state index in [9.17, 15) is 4.79 Å². The Hall–Kier alpha value is -1.11. The van der Waals surface area contributed by atoms with Gasteiger partial charge in [0.15, 0.2) is 5.82 Å². The van der Waals surface area contributed by atoms with Crippen molar-refractivity contribution in [1.82, 2.24) is 14.5 Å². The van der Waals surface area contributed by atoms with Crippen molar-refractivity contribution in [1.29, 1.82) is 0 Å². The molecule has 1 aromatic heterocycles. The average molecular weight is 303 g/mol. The van der Waals surface area contributed by atoms with Crippen molar-refractivity contribution in [2.45, 2.75) is 18.6 Å². The maximum absolute atomic E-state index is 12.0. The molecule has 1 aliphatic rings. The van der Waals surface area contributed by atoms with Crippen LogP contribution in [0.3, 0.4) is 0 Å². The van der Waals surface area contributed by atoms with Crippen LogP contribution in [0.4, 0.5) is 5.82 Å². The molecule has 0 spiro atoms. The molecule has 0 aromatic carbocycles. The van der Waals surface area contributed by atoms with Gasteiger partial charge in [-0.25, -0.2) is 4.98 Å². The minimum absolute atomic E-state index is 0. The van der Waals surface area contributed by atoms with E-state index in [1.165, 1.54) is 0 Å². The molecule has 0 saturated carbocycles. The van der Waals surface area contributed by atoms with Gasteiger partial charge in [-0.2, -0.15) is 0 Å². The molecule has 114 valence electrons. The summed E-state index contributed by atoms with van der Waals surface area (Å²) in [4.78, 5) is 20.4. The maximum atomic E-state index is 12.0. The van der Waals surface area contributed by atoms with Crippen molar-refractivity contribution in [3.05, 3.63) is 22.7 Å². The van der Waals surface area contributed by atoms with Crippen LogP contribution in [0.1, 0.15) is 6.42 Å². The van der Waals surface area contributed by atoms with Crippen LogP contribution < -0.4 is 10.5 Å². The Morgan fingerprint density at radius 2 is 2.20 bits per heavy atom. The molecule has 6 nitrogen and oxygen atoms in total. The van der Waals surface area contributed by atoms with Crippen molar-refractivity contribution in [2.75, 3.05) is 39.2 Å². The summed E-state index contributed by atoms with van der Waals surface area (Å²) >= 11 is 0. The summed E-state index contributed by atoms with van der Waals surface area (Å²) in [6.07, 6.45) is 4.60. The normalized spacial score (nSPS) is 22.6. The van der Waals surface area contributed by atoms with E-state index in [1.807, 2.05) is 11.9 Å². The number of rotatable bonds is 4. The van der Waals surface area contributed by atoms with E-state index in [2.05, 4.69) is 16.9 Å². The van der Waals surface area contributed by atoms with Crippen LogP contribution in [0.5, 0.6) is 0 Å². The van der Waals surface area contributed by atoms with Gasteiger partial charge >= 0.3 is 0 Å². The second kappa shape index (κ2) is 7.06. The van der Waals surface area contributed by atoms with Gasteiger partial charge in [-0.1, -0.05) is 0 Å². The molecule has 2 atom stereocenters.